The molecule has 2 rings (SSSR count). The van der Waals surface area contributed by atoms with Crippen LogP contribution in [0.15, 0.2) is 48.5 Å². The van der Waals surface area contributed by atoms with Gasteiger partial charge in [0.2, 0.25) is 0 Å². The van der Waals surface area contributed by atoms with Gasteiger partial charge in [-0.25, -0.2) is 0 Å². The number of hydrogen-bond acceptors (Lipinski definition) is 0. The standard InChI is InChI=1S/C23H32/c1-22(2,3)20-14-10-18(11-15-20)8-7-9-19-12-16-21(17-13-19)23(4,5)6/h10-17H,7-9H2,1-6H3. The molecule has 0 saturated carbocycles. The Balaban J connectivity index is 1.87. The summed E-state index contributed by atoms with van der Waals surface area (Å²) in [6.45, 7) is 13.6. The number of hydrogen-bond donors (Lipinski definition) is 0. The molecule has 0 N–H and O–H groups in total. The lowest BCUT2D eigenvalue weighted by Crippen LogP contribution is -2.10. The van der Waals surface area contributed by atoms with E-state index in [0.29, 0.717) is 0 Å². The first-order chi connectivity index (χ1) is 10.7. The molecule has 0 bridgehead atoms. The van der Waals surface area contributed by atoms with Crippen LogP contribution >= 0.6 is 0 Å². The molecule has 124 valence electrons. The fraction of sp³-hybridized carbons (Fsp3) is 0.478. The van der Waals surface area contributed by atoms with E-state index in [2.05, 4.69) is 90.1 Å². The SMILES string of the molecule is CC(C)(C)c1ccc(CCCc2ccc(C(C)(C)C)cc2)cc1. The first kappa shape index (κ1) is 17.8. The van der Waals surface area contributed by atoms with Gasteiger partial charge in [0.25, 0.3) is 0 Å². The summed E-state index contributed by atoms with van der Waals surface area (Å²) in [6.07, 6.45) is 3.53. The minimum absolute atomic E-state index is 0.243. The second-order valence-electron chi connectivity index (χ2n) is 8.75. The predicted molar refractivity (Wildman–Crippen MR) is 102 cm³/mol. The zero-order valence-corrected chi connectivity index (χ0v) is 15.7. The predicted octanol–water partition coefficient (Wildman–Crippen LogP) is 6.46. The lowest BCUT2D eigenvalue weighted by Gasteiger charge is -2.19. The summed E-state index contributed by atoms with van der Waals surface area (Å²) in [5.74, 6) is 0. The largest absolute Gasteiger partial charge is 0.0588 e. The van der Waals surface area contributed by atoms with Crippen molar-refractivity contribution in [3.63, 3.8) is 0 Å². The van der Waals surface area contributed by atoms with Gasteiger partial charge < -0.3 is 0 Å². The van der Waals surface area contributed by atoms with Crippen molar-refractivity contribution in [3.05, 3.63) is 70.8 Å². The average molecular weight is 309 g/mol. The summed E-state index contributed by atoms with van der Waals surface area (Å²) < 4.78 is 0. The van der Waals surface area contributed by atoms with Crippen molar-refractivity contribution in [1.82, 2.24) is 0 Å². The van der Waals surface area contributed by atoms with E-state index in [1.165, 1.54) is 28.7 Å². The van der Waals surface area contributed by atoms with Crippen LogP contribution in [0, 0.1) is 0 Å². The van der Waals surface area contributed by atoms with Gasteiger partial charge in [0, 0.05) is 0 Å². The Kier molecular flexibility index (Phi) is 5.34. The fourth-order valence-electron chi connectivity index (χ4n) is 2.84. The third kappa shape index (κ3) is 5.23. The van der Waals surface area contributed by atoms with Gasteiger partial charge in [-0.3, -0.25) is 0 Å². The molecule has 0 heteroatoms. The van der Waals surface area contributed by atoms with Gasteiger partial charge in [0.15, 0.2) is 0 Å². The maximum atomic E-state index is 2.29. The molecule has 0 atom stereocenters. The molecule has 2 aromatic carbocycles. The quantitative estimate of drug-likeness (QED) is 0.608. The van der Waals surface area contributed by atoms with E-state index in [9.17, 15) is 0 Å². The molecule has 0 aliphatic rings. The minimum atomic E-state index is 0.243. The second-order valence-corrected chi connectivity index (χ2v) is 8.75. The maximum absolute atomic E-state index is 2.29. The second kappa shape index (κ2) is 6.91. The van der Waals surface area contributed by atoms with Crippen LogP contribution < -0.4 is 0 Å². The smallest absolute Gasteiger partial charge is 0.0132 e. The molecule has 0 aliphatic carbocycles. The molecule has 0 unspecified atom stereocenters. The Labute approximate surface area is 143 Å². The molecule has 0 aliphatic heterocycles. The molecular weight excluding hydrogens is 276 g/mol. The van der Waals surface area contributed by atoms with E-state index >= 15 is 0 Å². The van der Waals surface area contributed by atoms with Gasteiger partial charge in [-0.05, 0) is 52.3 Å². The van der Waals surface area contributed by atoms with Gasteiger partial charge in [-0.1, -0.05) is 90.1 Å². The van der Waals surface area contributed by atoms with Crippen molar-refractivity contribution >= 4 is 0 Å². The van der Waals surface area contributed by atoms with Gasteiger partial charge >= 0.3 is 0 Å². The van der Waals surface area contributed by atoms with Gasteiger partial charge in [-0.15, -0.1) is 0 Å². The molecule has 0 radical (unpaired) electrons. The Hall–Kier alpha value is -1.56. The highest BCUT2D eigenvalue weighted by molar-refractivity contribution is 5.29. The van der Waals surface area contributed by atoms with Crippen molar-refractivity contribution in [2.75, 3.05) is 0 Å². The van der Waals surface area contributed by atoms with Crippen LogP contribution in [0.25, 0.3) is 0 Å². The van der Waals surface area contributed by atoms with Crippen molar-refractivity contribution in [1.29, 1.82) is 0 Å². The monoisotopic (exact) mass is 308 g/mol. The highest BCUT2D eigenvalue weighted by atomic mass is 14.2. The molecule has 0 aromatic heterocycles. The van der Waals surface area contributed by atoms with E-state index in [1.807, 2.05) is 0 Å². The molecule has 0 nitrogen and oxygen atoms in total. The number of rotatable bonds is 4. The summed E-state index contributed by atoms with van der Waals surface area (Å²) in [5, 5.41) is 0. The zero-order valence-electron chi connectivity index (χ0n) is 15.7. The number of aryl methyl sites for hydroxylation is 2. The highest BCUT2D eigenvalue weighted by Crippen LogP contribution is 2.24. The van der Waals surface area contributed by atoms with Crippen LogP contribution in [0.2, 0.25) is 0 Å². The van der Waals surface area contributed by atoms with Crippen LogP contribution in [0.1, 0.15) is 70.2 Å². The van der Waals surface area contributed by atoms with Crippen molar-refractivity contribution in [2.24, 2.45) is 0 Å². The van der Waals surface area contributed by atoms with E-state index in [1.54, 1.807) is 0 Å². The van der Waals surface area contributed by atoms with Gasteiger partial charge in [0.1, 0.15) is 0 Å². The molecule has 0 saturated heterocycles. The van der Waals surface area contributed by atoms with Crippen LogP contribution in [0.3, 0.4) is 0 Å². The van der Waals surface area contributed by atoms with Crippen molar-refractivity contribution < 1.29 is 0 Å². The normalized spacial score (nSPS) is 12.4. The van der Waals surface area contributed by atoms with Crippen LogP contribution in [-0.2, 0) is 23.7 Å². The molecule has 0 amide bonds. The van der Waals surface area contributed by atoms with E-state index in [0.717, 1.165) is 12.8 Å². The lowest BCUT2D eigenvalue weighted by molar-refractivity contribution is 0.590. The first-order valence-corrected chi connectivity index (χ1v) is 8.85. The molecule has 0 spiro atoms. The first-order valence-electron chi connectivity index (χ1n) is 8.85. The highest BCUT2D eigenvalue weighted by Gasteiger charge is 2.13. The maximum Gasteiger partial charge on any atom is -0.0132 e. The molecular formula is C23H32. The summed E-state index contributed by atoms with van der Waals surface area (Å²) in [5.41, 5.74) is 6.22. The zero-order chi connectivity index (χ0) is 17.1. The Morgan fingerprint density at radius 3 is 1.09 bits per heavy atom. The average Bonchev–Trinajstić information content (AvgIpc) is 2.46. The minimum Gasteiger partial charge on any atom is -0.0588 e. The Morgan fingerprint density at radius 1 is 0.522 bits per heavy atom. The fourth-order valence-corrected chi connectivity index (χ4v) is 2.84. The molecule has 23 heavy (non-hydrogen) atoms. The Bertz CT molecular complexity index is 544. The van der Waals surface area contributed by atoms with Gasteiger partial charge in [-0.2, -0.15) is 0 Å². The third-order valence-corrected chi connectivity index (χ3v) is 4.57. The van der Waals surface area contributed by atoms with Crippen molar-refractivity contribution in [3.8, 4) is 0 Å². The van der Waals surface area contributed by atoms with Gasteiger partial charge in [0.05, 0.1) is 0 Å². The van der Waals surface area contributed by atoms with Crippen LogP contribution in [0.5, 0.6) is 0 Å². The van der Waals surface area contributed by atoms with E-state index in [-0.39, 0.29) is 10.8 Å². The molecule has 0 heterocycles. The summed E-state index contributed by atoms with van der Waals surface area (Å²) in [4.78, 5) is 0. The topological polar surface area (TPSA) is 0 Å². The third-order valence-electron chi connectivity index (χ3n) is 4.57. The van der Waals surface area contributed by atoms with E-state index in [4.69, 9.17) is 0 Å². The summed E-state index contributed by atoms with van der Waals surface area (Å²) in [6, 6.07) is 18.3. The summed E-state index contributed by atoms with van der Waals surface area (Å²) >= 11 is 0. The van der Waals surface area contributed by atoms with Crippen molar-refractivity contribution in [2.45, 2.75) is 71.6 Å². The Morgan fingerprint density at radius 2 is 0.826 bits per heavy atom. The lowest BCUT2D eigenvalue weighted by atomic mass is 9.86. The van der Waals surface area contributed by atoms with Crippen LogP contribution in [0.4, 0.5) is 0 Å². The summed E-state index contributed by atoms with van der Waals surface area (Å²) in [7, 11) is 0. The van der Waals surface area contributed by atoms with Crippen LogP contribution in [-0.4, -0.2) is 0 Å². The number of benzene rings is 2. The van der Waals surface area contributed by atoms with E-state index < -0.39 is 0 Å². The molecule has 0 fully saturated rings. The molecule has 2 aromatic rings.